The Morgan fingerprint density at radius 3 is 2.63 bits per heavy atom. The van der Waals surface area contributed by atoms with Crippen molar-refractivity contribution in [2.45, 2.75) is 49.6 Å². The van der Waals surface area contributed by atoms with Gasteiger partial charge in [0.15, 0.2) is 11.4 Å². The zero-order chi connectivity index (χ0) is 24.5. The van der Waals surface area contributed by atoms with Crippen LogP contribution in [0.2, 0.25) is 0 Å². The first-order chi connectivity index (χ1) is 16.8. The number of piperidine rings is 1. The summed E-state index contributed by atoms with van der Waals surface area (Å²) in [6, 6.07) is 11.0. The molecule has 3 aromatic rings. The number of amides is 3. The quantitative estimate of drug-likeness (QED) is 0.564. The lowest BCUT2D eigenvalue weighted by Gasteiger charge is -2.27. The molecule has 5 atom stereocenters. The van der Waals surface area contributed by atoms with E-state index in [2.05, 4.69) is 10.4 Å². The van der Waals surface area contributed by atoms with Crippen molar-refractivity contribution in [1.29, 1.82) is 0 Å². The maximum Gasteiger partial charge on any atom is 0.269 e. The zero-order valence-electron chi connectivity index (χ0n) is 18.7. The van der Waals surface area contributed by atoms with E-state index < -0.39 is 35.4 Å². The molecule has 0 spiro atoms. The van der Waals surface area contributed by atoms with Crippen molar-refractivity contribution in [3.8, 4) is 0 Å². The average molecular weight is 479 g/mol. The van der Waals surface area contributed by atoms with E-state index >= 15 is 4.39 Å². The number of carbonyl (C=O) groups is 3. The molecule has 1 saturated heterocycles. The lowest BCUT2D eigenvalue weighted by Crippen LogP contribution is -2.50. The van der Waals surface area contributed by atoms with Gasteiger partial charge in [0.1, 0.15) is 18.4 Å². The van der Waals surface area contributed by atoms with Crippen LogP contribution in [0.25, 0.3) is 10.9 Å². The number of nitrogens with two attached hydrogens (primary N) is 1. The molecule has 3 fully saturated rings. The second-order valence-electron chi connectivity index (χ2n) is 9.61. The van der Waals surface area contributed by atoms with Gasteiger partial charge in [-0.2, -0.15) is 5.10 Å². The summed E-state index contributed by atoms with van der Waals surface area (Å²) in [6.07, 6.45) is 1.30. The SMILES string of the molecule is NC(=O)c1nn(CC(=O)N2C3C[C@@H]3C[C@H]2C(=O)N[C@H]2C[C@@]2(F)c2ccccc2F)c2ccccc12. The van der Waals surface area contributed by atoms with Crippen molar-refractivity contribution < 1.29 is 23.2 Å². The summed E-state index contributed by atoms with van der Waals surface area (Å²) in [5.41, 5.74) is 4.10. The molecule has 3 aliphatic rings. The molecule has 2 heterocycles. The van der Waals surface area contributed by atoms with Gasteiger partial charge in [0.2, 0.25) is 11.8 Å². The van der Waals surface area contributed by atoms with E-state index in [1.165, 1.54) is 22.9 Å². The lowest BCUT2D eigenvalue weighted by molar-refractivity contribution is -0.140. The van der Waals surface area contributed by atoms with Crippen LogP contribution in [-0.4, -0.2) is 50.5 Å². The van der Waals surface area contributed by atoms with E-state index in [-0.39, 0.29) is 42.1 Å². The van der Waals surface area contributed by atoms with Crippen LogP contribution in [0.3, 0.4) is 0 Å². The number of carbonyl (C=O) groups excluding carboxylic acids is 3. The van der Waals surface area contributed by atoms with Gasteiger partial charge in [-0.25, -0.2) is 8.78 Å². The number of para-hydroxylation sites is 1. The summed E-state index contributed by atoms with van der Waals surface area (Å²) >= 11 is 0. The number of benzene rings is 2. The van der Waals surface area contributed by atoms with Gasteiger partial charge >= 0.3 is 0 Å². The Bertz CT molecular complexity index is 1390. The summed E-state index contributed by atoms with van der Waals surface area (Å²) < 4.78 is 30.8. The molecule has 1 unspecified atom stereocenters. The molecule has 6 rings (SSSR count). The van der Waals surface area contributed by atoms with Crippen molar-refractivity contribution in [3.63, 3.8) is 0 Å². The molecule has 3 amide bonds. The highest BCUT2D eigenvalue weighted by molar-refractivity contribution is 6.04. The average Bonchev–Trinajstić information content (AvgIpc) is 3.64. The Balaban J connectivity index is 1.19. The minimum atomic E-state index is -1.95. The molecular formula is C25H23F2N5O3. The van der Waals surface area contributed by atoms with E-state index in [0.29, 0.717) is 17.3 Å². The molecule has 35 heavy (non-hydrogen) atoms. The number of rotatable bonds is 6. The van der Waals surface area contributed by atoms with Crippen LogP contribution in [-0.2, 0) is 21.8 Å². The van der Waals surface area contributed by atoms with Gasteiger partial charge in [-0.05, 0) is 30.9 Å². The Labute approximate surface area is 199 Å². The Hall–Kier alpha value is -3.82. The Kier molecular flexibility index (Phi) is 4.71. The van der Waals surface area contributed by atoms with E-state index in [0.717, 1.165) is 6.42 Å². The number of hydrogen-bond acceptors (Lipinski definition) is 4. The molecule has 0 radical (unpaired) electrons. The fourth-order valence-electron chi connectivity index (χ4n) is 5.46. The second kappa shape index (κ2) is 7.59. The van der Waals surface area contributed by atoms with Crippen molar-refractivity contribution in [3.05, 3.63) is 65.6 Å². The van der Waals surface area contributed by atoms with Crippen molar-refractivity contribution in [2.75, 3.05) is 0 Å². The van der Waals surface area contributed by atoms with E-state index in [9.17, 15) is 18.8 Å². The molecule has 3 N–H and O–H groups in total. The number of aromatic nitrogens is 2. The normalized spacial score (nSPS) is 28.6. The van der Waals surface area contributed by atoms with Gasteiger partial charge in [0.25, 0.3) is 5.91 Å². The van der Waals surface area contributed by atoms with Gasteiger partial charge in [0.05, 0.1) is 11.6 Å². The third-order valence-corrected chi connectivity index (χ3v) is 7.40. The third kappa shape index (κ3) is 3.46. The summed E-state index contributed by atoms with van der Waals surface area (Å²) in [5, 5.41) is 7.48. The Morgan fingerprint density at radius 1 is 1.11 bits per heavy atom. The molecule has 2 aromatic carbocycles. The molecule has 2 saturated carbocycles. The zero-order valence-corrected chi connectivity index (χ0v) is 18.7. The fraction of sp³-hybridized carbons (Fsp3) is 0.360. The summed E-state index contributed by atoms with van der Waals surface area (Å²) in [4.78, 5) is 39.8. The van der Waals surface area contributed by atoms with Crippen LogP contribution in [0.15, 0.2) is 48.5 Å². The number of alkyl halides is 1. The van der Waals surface area contributed by atoms with Crippen LogP contribution in [0, 0.1) is 11.7 Å². The third-order valence-electron chi connectivity index (χ3n) is 7.40. The van der Waals surface area contributed by atoms with Crippen molar-refractivity contribution >= 4 is 28.6 Å². The number of halogens is 2. The van der Waals surface area contributed by atoms with Crippen molar-refractivity contribution in [2.24, 2.45) is 11.7 Å². The molecule has 0 bridgehead atoms. The molecule has 10 heteroatoms. The summed E-state index contributed by atoms with van der Waals surface area (Å²) in [5.74, 6) is -1.86. The molecular weight excluding hydrogens is 456 g/mol. The van der Waals surface area contributed by atoms with Crippen LogP contribution in [0.4, 0.5) is 8.78 Å². The number of primary amides is 1. The topological polar surface area (TPSA) is 110 Å². The Morgan fingerprint density at radius 2 is 1.86 bits per heavy atom. The largest absolute Gasteiger partial charge is 0.364 e. The van der Waals surface area contributed by atoms with Crippen LogP contribution >= 0.6 is 0 Å². The van der Waals surface area contributed by atoms with Crippen LogP contribution in [0.5, 0.6) is 0 Å². The minimum absolute atomic E-state index is 0.0115. The maximum atomic E-state index is 15.3. The minimum Gasteiger partial charge on any atom is -0.364 e. The number of nitrogens with zero attached hydrogens (tertiary/aromatic N) is 3. The highest BCUT2D eigenvalue weighted by Gasteiger charge is 2.61. The number of fused-ring (bicyclic) bond motifs is 2. The number of likely N-dealkylation sites (tertiary alicyclic amines) is 1. The van der Waals surface area contributed by atoms with Crippen LogP contribution in [0.1, 0.15) is 35.3 Å². The molecule has 8 nitrogen and oxygen atoms in total. The molecule has 1 aromatic heterocycles. The van der Waals surface area contributed by atoms with E-state index in [1.807, 2.05) is 0 Å². The molecule has 180 valence electrons. The first-order valence-electron chi connectivity index (χ1n) is 11.6. The monoisotopic (exact) mass is 479 g/mol. The highest BCUT2D eigenvalue weighted by Crippen LogP contribution is 2.52. The van der Waals surface area contributed by atoms with Crippen molar-refractivity contribution in [1.82, 2.24) is 20.0 Å². The molecule has 2 aliphatic carbocycles. The summed E-state index contributed by atoms with van der Waals surface area (Å²) in [7, 11) is 0. The van der Waals surface area contributed by atoms with Crippen LogP contribution < -0.4 is 11.1 Å². The standard InChI is InChI=1S/C25H23F2N5O3/c26-16-7-3-2-6-15(16)25(27)11-20(25)29-24(35)19-10-13-9-18(13)32(19)21(33)12-31-17-8-4-1-5-14(17)22(30-31)23(28)34/h1-8,13,18-20H,9-12H2,(H2,28,34)(H,29,35)/t13-,18?,19+,20+,25-/m1/s1. The first kappa shape index (κ1) is 21.7. The fourth-order valence-corrected chi connectivity index (χ4v) is 5.46. The number of nitrogens with one attached hydrogen (secondary N) is 1. The number of hydrogen-bond donors (Lipinski definition) is 2. The van der Waals surface area contributed by atoms with E-state index in [4.69, 9.17) is 5.73 Å². The maximum absolute atomic E-state index is 15.3. The van der Waals surface area contributed by atoms with Gasteiger partial charge in [-0.3, -0.25) is 19.1 Å². The van der Waals surface area contributed by atoms with Gasteiger partial charge < -0.3 is 16.0 Å². The lowest BCUT2D eigenvalue weighted by atomic mass is 10.1. The van der Waals surface area contributed by atoms with Gasteiger partial charge in [-0.1, -0.05) is 36.4 Å². The predicted octanol–water partition coefficient (Wildman–Crippen LogP) is 2.02. The molecule has 1 aliphatic heterocycles. The second-order valence-corrected chi connectivity index (χ2v) is 9.61. The highest BCUT2D eigenvalue weighted by atomic mass is 19.2. The van der Waals surface area contributed by atoms with E-state index in [1.54, 1.807) is 35.2 Å². The predicted molar refractivity (Wildman–Crippen MR) is 121 cm³/mol. The van der Waals surface area contributed by atoms with Gasteiger partial charge in [-0.15, -0.1) is 0 Å². The first-order valence-corrected chi connectivity index (χ1v) is 11.6. The van der Waals surface area contributed by atoms with Gasteiger partial charge in [0, 0.05) is 23.4 Å². The smallest absolute Gasteiger partial charge is 0.269 e. The summed E-state index contributed by atoms with van der Waals surface area (Å²) in [6.45, 7) is -0.160.